The van der Waals surface area contributed by atoms with Gasteiger partial charge >= 0.3 is 17.8 Å². The van der Waals surface area contributed by atoms with Gasteiger partial charge in [-0.1, -0.05) is 0 Å². The Bertz CT molecular complexity index is 603. The van der Waals surface area contributed by atoms with Gasteiger partial charge in [-0.05, 0) is 24.3 Å². The van der Waals surface area contributed by atoms with Gasteiger partial charge in [-0.2, -0.15) is 5.26 Å². The second-order valence-corrected chi connectivity index (χ2v) is 3.99. The number of hydrogen-bond acceptors (Lipinski definition) is 5. The third-order valence-corrected chi connectivity index (χ3v) is 2.83. The molecule has 1 aromatic carbocycles. The highest BCUT2D eigenvalue weighted by Gasteiger charge is 2.44. The molecule has 1 aliphatic heterocycles. The van der Waals surface area contributed by atoms with E-state index in [0.717, 1.165) is 9.80 Å². The van der Waals surface area contributed by atoms with Crippen molar-refractivity contribution in [2.75, 3.05) is 18.6 Å². The number of benzene rings is 1. The SMILES string of the molecule is COc1ccc(N2C(=O)C(=O)N(CCC#N)C2=O)cc1. The van der Waals surface area contributed by atoms with Gasteiger partial charge in [-0.25, -0.2) is 9.69 Å². The van der Waals surface area contributed by atoms with E-state index in [0.29, 0.717) is 5.75 Å². The summed E-state index contributed by atoms with van der Waals surface area (Å²) >= 11 is 0. The van der Waals surface area contributed by atoms with Crippen LogP contribution < -0.4 is 9.64 Å². The van der Waals surface area contributed by atoms with E-state index < -0.39 is 17.8 Å². The summed E-state index contributed by atoms with van der Waals surface area (Å²) in [4.78, 5) is 37.2. The molecule has 1 heterocycles. The predicted molar refractivity (Wildman–Crippen MR) is 67.8 cm³/mol. The molecule has 102 valence electrons. The molecule has 1 aromatic rings. The molecule has 0 aliphatic carbocycles. The van der Waals surface area contributed by atoms with Crippen molar-refractivity contribution in [1.82, 2.24) is 4.90 Å². The lowest BCUT2D eigenvalue weighted by atomic mass is 10.3. The maximum atomic E-state index is 12.1. The standard InChI is InChI=1S/C13H11N3O4/c1-20-10-5-3-9(4-6-10)16-12(18)11(17)15(13(16)19)8-2-7-14/h3-6H,2,8H2,1H3. The van der Waals surface area contributed by atoms with Gasteiger partial charge in [0.1, 0.15) is 5.75 Å². The zero-order valence-electron chi connectivity index (χ0n) is 10.7. The first-order valence-electron chi connectivity index (χ1n) is 5.81. The molecule has 0 aromatic heterocycles. The van der Waals surface area contributed by atoms with E-state index in [1.165, 1.54) is 19.2 Å². The van der Waals surface area contributed by atoms with Crippen molar-refractivity contribution in [3.63, 3.8) is 0 Å². The van der Waals surface area contributed by atoms with Crippen molar-refractivity contribution in [3.05, 3.63) is 24.3 Å². The van der Waals surface area contributed by atoms with E-state index in [2.05, 4.69) is 0 Å². The first-order chi connectivity index (χ1) is 9.60. The normalized spacial score (nSPS) is 14.7. The van der Waals surface area contributed by atoms with Crippen LogP contribution in [0.2, 0.25) is 0 Å². The first kappa shape index (κ1) is 13.5. The Balaban J connectivity index is 2.27. The number of carbonyl (C=O) groups is 3. The number of nitriles is 1. The molecule has 1 aliphatic rings. The van der Waals surface area contributed by atoms with Crippen molar-refractivity contribution >= 4 is 23.5 Å². The molecule has 0 bridgehead atoms. The minimum absolute atomic E-state index is 0.0127. The summed E-state index contributed by atoms with van der Waals surface area (Å²) in [6, 6.07) is 7.27. The summed E-state index contributed by atoms with van der Waals surface area (Å²) in [6.45, 7) is -0.0907. The lowest BCUT2D eigenvalue weighted by molar-refractivity contribution is -0.139. The van der Waals surface area contributed by atoms with E-state index >= 15 is 0 Å². The first-order valence-corrected chi connectivity index (χ1v) is 5.81. The summed E-state index contributed by atoms with van der Waals surface area (Å²) in [6.07, 6.45) is -0.0127. The number of amides is 4. The number of nitrogens with zero attached hydrogens (tertiary/aromatic N) is 3. The van der Waals surface area contributed by atoms with Gasteiger partial charge in [0, 0.05) is 6.54 Å². The van der Waals surface area contributed by atoms with Crippen molar-refractivity contribution in [1.29, 1.82) is 5.26 Å². The van der Waals surface area contributed by atoms with Crippen molar-refractivity contribution < 1.29 is 19.1 Å². The van der Waals surface area contributed by atoms with Gasteiger partial charge in [-0.3, -0.25) is 14.5 Å². The molecule has 4 amide bonds. The minimum Gasteiger partial charge on any atom is -0.497 e. The van der Waals surface area contributed by atoms with E-state index in [1.54, 1.807) is 12.1 Å². The quantitative estimate of drug-likeness (QED) is 0.600. The van der Waals surface area contributed by atoms with Crippen LogP contribution in [0.5, 0.6) is 5.75 Å². The van der Waals surface area contributed by atoms with Crippen LogP contribution in [0.25, 0.3) is 0 Å². The van der Waals surface area contributed by atoms with Crippen LogP contribution >= 0.6 is 0 Å². The summed E-state index contributed by atoms with van der Waals surface area (Å²) in [5, 5.41) is 8.49. The highest BCUT2D eigenvalue weighted by atomic mass is 16.5. The summed E-state index contributed by atoms with van der Waals surface area (Å²) in [5.41, 5.74) is 0.286. The molecule has 1 fully saturated rings. The third-order valence-electron chi connectivity index (χ3n) is 2.83. The van der Waals surface area contributed by atoms with E-state index in [9.17, 15) is 14.4 Å². The lowest BCUT2D eigenvalue weighted by Gasteiger charge is -2.14. The second-order valence-electron chi connectivity index (χ2n) is 3.99. The Labute approximate surface area is 114 Å². The van der Waals surface area contributed by atoms with Gasteiger partial charge in [0.25, 0.3) is 0 Å². The molecule has 20 heavy (non-hydrogen) atoms. The van der Waals surface area contributed by atoms with Crippen LogP contribution in [0.3, 0.4) is 0 Å². The van der Waals surface area contributed by atoms with Gasteiger partial charge in [0.05, 0.1) is 25.3 Å². The monoisotopic (exact) mass is 273 g/mol. The molecule has 2 rings (SSSR count). The molecule has 0 atom stereocenters. The fourth-order valence-corrected chi connectivity index (χ4v) is 1.82. The molecule has 7 heteroatoms. The van der Waals surface area contributed by atoms with Crippen LogP contribution in [0, 0.1) is 11.3 Å². The number of ether oxygens (including phenoxy) is 1. The number of urea groups is 1. The number of rotatable bonds is 4. The predicted octanol–water partition coefficient (Wildman–Crippen LogP) is 0.904. The molecule has 0 spiro atoms. The van der Waals surface area contributed by atoms with Crippen molar-refractivity contribution in [2.24, 2.45) is 0 Å². The Hall–Kier alpha value is -2.88. The molecular weight excluding hydrogens is 262 g/mol. The molecular formula is C13H11N3O4. The molecule has 0 saturated carbocycles. The molecule has 0 unspecified atom stereocenters. The molecule has 7 nitrogen and oxygen atoms in total. The number of carbonyl (C=O) groups excluding carboxylic acids is 3. The highest BCUT2D eigenvalue weighted by molar-refractivity contribution is 6.52. The van der Waals surface area contributed by atoms with Crippen LogP contribution in [0.15, 0.2) is 24.3 Å². The molecule has 1 saturated heterocycles. The van der Waals surface area contributed by atoms with E-state index in [-0.39, 0.29) is 18.7 Å². The molecule has 0 radical (unpaired) electrons. The number of hydrogen-bond donors (Lipinski definition) is 0. The summed E-state index contributed by atoms with van der Waals surface area (Å²) < 4.78 is 4.98. The minimum atomic E-state index is -0.918. The number of anilines is 1. The number of imide groups is 2. The zero-order valence-corrected chi connectivity index (χ0v) is 10.7. The average molecular weight is 273 g/mol. The Kier molecular flexibility index (Phi) is 3.66. The summed E-state index contributed by atoms with van der Waals surface area (Å²) in [7, 11) is 1.49. The van der Waals surface area contributed by atoms with Crippen LogP contribution in [-0.2, 0) is 9.59 Å². The van der Waals surface area contributed by atoms with Crippen molar-refractivity contribution in [2.45, 2.75) is 6.42 Å². The van der Waals surface area contributed by atoms with E-state index in [1.807, 2.05) is 6.07 Å². The Morgan fingerprint density at radius 1 is 1.15 bits per heavy atom. The smallest absolute Gasteiger partial charge is 0.338 e. The summed E-state index contributed by atoms with van der Waals surface area (Å²) in [5.74, 6) is -1.26. The average Bonchev–Trinajstić information content (AvgIpc) is 2.68. The largest absolute Gasteiger partial charge is 0.497 e. The van der Waals surface area contributed by atoms with E-state index in [4.69, 9.17) is 10.00 Å². The fourth-order valence-electron chi connectivity index (χ4n) is 1.82. The van der Waals surface area contributed by atoms with Crippen LogP contribution in [-0.4, -0.2) is 36.4 Å². The van der Waals surface area contributed by atoms with Gasteiger partial charge in [-0.15, -0.1) is 0 Å². The van der Waals surface area contributed by atoms with Gasteiger partial charge < -0.3 is 4.74 Å². The van der Waals surface area contributed by atoms with Crippen LogP contribution in [0.4, 0.5) is 10.5 Å². The maximum Gasteiger partial charge on any atom is 0.338 e. The molecule has 0 N–H and O–H groups in total. The van der Waals surface area contributed by atoms with Gasteiger partial charge in [0.2, 0.25) is 0 Å². The zero-order chi connectivity index (χ0) is 14.7. The van der Waals surface area contributed by atoms with Crippen LogP contribution in [0.1, 0.15) is 6.42 Å². The Morgan fingerprint density at radius 3 is 2.35 bits per heavy atom. The Morgan fingerprint density at radius 2 is 1.80 bits per heavy atom. The second kappa shape index (κ2) is 5.40. The van der Waals surface area contributed by atoms with Crippen molar-refractivity contribution in [3.8, 4) is 11.8 Å². The third kappa shape index (κ3) is 2.19. The van der Waals surface area contributed by atoms with Gasteiger partial charge in [0.15, 0.2) is 0 Å². The maximum absolute atomic E-state index is 12.1. The fraction of sp³-hybridized carbons (Fsp3) is 0.231. The highest BCUT2D eigenvalue weighted by Crippen LogP contribution is 2.24. The number of methoxy groups -OCH3 is 1. The lowest BCUT2D eigenvalue weighted by Crippen LogP contribution is -2.33. The topological polar surface area (TPSA) is 90.7 Å².